The van der Waals surface area contributed by atoms with Gasteiger partial charge in [-0.3, -0.25) is 28.8 Å². The van der Waals surface area contributed by atoms with Crippen molar-refractivity contribution in [2.45, 2.75) is 19.9 Å². The van der Waals surface area contributed by atoms with E-state index >= 15 is 0 Å². The Morgan fingerprint density at radius 2 is 1.75 bits per heavy atom. The average Bonchev–Trinajstić information content (AvgIpc) is 2.75. The number of aromatic amines is 1. The molecule has 1 amide bonds. The van der Waals surface area contributed by atoms with Crippen molar-refractivity contribution in [2.24, 2.45) is 0 Å². The lowest BCUT2D eigenvalue weighted by Gasteiger charge is -2.34. The Bertz CT molecular complexity index is 1080. The first kappa shape index (κ1) is 23.4. The molecule has 0 bridgehead atoms. The summed E-state index contributed by atoms with van der Waals surface area (Å²) < 4.78 is 6.07. The third-order valence-electron chi connectivity index (χ3n) is 5.61. The summed E-state index contributed by atoms with van der Waals surface area (Å²) >= 11 is 0. The highest BCUT2D eigenvalue weighted by molar-refractivity contribution is 6.01. The summed E-state index contributed by atoms with van der Waals surface area (Å²) in [7, 11) is 1.48. The fraction of sp³-hybridized carbons (Fsp3) is 0.455. The van der Waals surface area contributed by atoms with E-state index in [2.05, 4.69) is 4.98 Å². The number of hydrogen-bond acceptors (Lipinski definition) is 7. The second-order valence-corrected chi connectivity index (χ2v) is 7.91. The number of rotatable bonds is 8. The third-order valence-corrected chi connectivity index (χ3v) is 5.61. The zero-order chi connectivity index (χ0) is 23.3. The molecule has 1 aromatic carbocycles. The van der Waals surface area contributed by atoms with Crippen LogP contribution in [0.15, 0.2) is 33.9 Å². The minimum atomic E-state index is -0.793. The highest BCUT2D eigenvalue weighted by atomic mass is 16.5. The molecule has 10 heteroatoms. The molecule has 1 saturated heterocycles. The Morgan fingerprint density at radius 3 is 2.38 bits per heavy atom. The number of Topliss-reactive ketones (excluding diaryl/α,β-unsaturated/α-hetero) is 1. The van der Waals surface area contributed by atoms with Crippen molar-refractivity contribution < 1.29 is 14.3 Å². The van der Waals surface area contributed by atoms with Gasteiger partial charge in [0.1, 0.15) is 11.4 Å². The standard InChI is InChI=1S/C22H29N5O5/c1-15-3-5-16(6-4-15)13-18(29)26-9-7-25(8-10-26)14-17(28)19-20(23)27(11-12-32-2)22(31)24-21(19)30/h3-6H,7-14,23H2,1-2H3,(H,24,30,31). The predicted molar refractivity (Wildman–Crippen MR) is 120 cm³/mol. The normalized spacial score (nSPS) is 14.5. The Morgan fingerprint density at radius 1 is 1.09 bits per heavy atom. The quantitative estimate of drug-likeness (QED) is 0.533. The first-order valence-electron chi connectivity index (χ1n) is 10.5. The van der Waals surface area contributed by atoms with Crippen LogP contribution in [0.25, 0.3) is 0 Å². The SMILES string of the molecule is COCCn1c(N)c(C(=O)CN2CCN(C(=O)Cc3ccc(C)cc3)CC2)c(=O)[nH]c1=O. The van der Waals surface area contributed by atoms with Crippen LogP contribution in [0.3, 0.4) is 0 Å². The van der Waals surface area contributed by atoms with Gasteiger partial charge >= 0.3 is 5.69 Å². The number of piperazine rings is 1. The Balaban J connectivity index is 1.60. The highest BCUT2D eigenvalue weighted by Gasteiger charge is 2.25. The molecule has 3 N–H and O–H groups in total. The first-order chi connectivity index (χ1) is 15.3. The monoisotopic (exact) mass is 443 g/mol. The van der Waals surface area contributed by atoms with Gasteiger partial charge in [-0.25, -0.2) is 4.79 Å². The Hall–Kier alpha value is -3.24. The van der Waals surface area contributed by atoms with E-state index in [9.17, 15) is 19.2 Å². The summed E-state index contributed by atoms with van der Waals surface area (Å²) in [4.78, 5) is 55.4. The van der Waals surface area contributed by atoms with Gasteiger partial charge in [0.05, 0.1) is 26.1 Å². The maximum atomic E-state index is 12.8. The van der Waals surface area contributed by atoms with Gasteiger partial charge in [-0.15, -0.1) is 0 Å². The number of nitrogen functional groups attached to an aromatic ring is 1. The molecule has 1 fully saturated rings. The number of hydrogen-bond donors (Lipinski definition) is 2. The fourth-order valence-electron chi connectivity index (χ4n) is 3.69. The fourth-order valence-corrected chi connectivity index (χ4v) is 3.69. The van der Waals surface area contributed by atoms with Crippen LogP contribution in [0.1, 0.15) is 21.5 Å². The molecular formula is C22H29N5O5. The number of aromatic nitrogens is 2. The number of carbonyl (C=O) groups is 2. The van der Waals surface area contributed by atoms with Crippen molar-refractivity contribution >= 4 is 17.5 Å². The van der Waals surface area contributed by atoms with E-state index in [1.54, 1.807) is 4.90 Å². The van der Waals surface area contributed by atoms with Gasteiger partial charge in [0.15, 0.2) is 5.78 Å². The van der Waals surface area contributed by atoms with Crippen LogP contribution in [-0.2, 0) is 22.5 Å². The van der Waals surface area contributed by atoms with Gasteiger partial charge in [-0.2, -0.15) is 0 Å². The number of ketones is 1. The maximum absolute atomic E-state index is 12.8. The molecule has 3 rings (SSSR count). The maximum Gasteiger partial charge on any atom is 0.330 e. The minimum Gasteiger partial charge on any atom is -0.384 e. The lowest BCUT2D eigenvalue weighted by atomic mass is 10.1. The van der Waals surface area contributed by atoms with E-state index in [-0.39, 0.29) is 37.0 Å². The van der Waals surface area contributed by atoms with E-state index < -0.39 is 17.0 Å². The molecule has 1 aliphatic heterocycles. The van der Waals surface area contributed by atoms with Crippen molar-refractivity contribution in [2.75, 3.05) is 52.2 Å². The van der Waals surface area contributed by atoms with Crippen molar-refractivity contribution in [1.82, 2.24) is 19.4 Å². The van der Waals surface area contributed by atoms with E-state index in [4.69, 9.17) is 10.5 Å². The molecule has 1 aromatic heterocycles. The number of nitrogens with one attached hydrogen (secondary N) is 1. The highest BCUT2D eigenvalue weighted by Crippen LogP contribution is 2.11. The molecule has 0 spiro atoms. The smallest absolute Gasteiger partial charge is 0.330 e. The molecule has 10 nitrogen and oxygen atoms in total. The number of methoxy groups -OCH3 is 1. The predicted octanol–water partition coefficient (Wildman–Crippen LogP) is -0.357. The van der Waals surface area contributed by atoms with Crippen LogP contribution >= 0.6 is 0 Å². The molecular weight excluding hydrogens is 414 g/mol. The van der Waals surface area contributed by atoms with Gasteiger partial charge in [0.2, 0.25) is 5.91 Å². The van der Waals surface area contributed by atoms with Crippen LogP contribution in [0.4, 0.5) is 5.82 Å². The van der Waals surface area contributed by atoms with Crippen LogP contribution in [0.2, 0.25) is 0 Å². The third kappa shape index (κ3) is 5.51. The molecule has 1 aliphatic rings. The molecule has 2 aromatic rings. The second-order valence-electron chi connectivity index (χ2n) is 7.91. The largest absolute Gasteiger partial charge is 0.384 e. The summed E-state index contributed by atoms with van der Waals surface area (Å²) in [5.74, 6) is -0.576. The summed E-state index contributed by atoms with van der Waals surface area (Å²) in [6, 6.07) is 7.88. The number of aryl methyl sites for hydroxylation is 1. The van der Waals surface area contributed by atoms with Gasteiger partial charge in [-0.1, -0.05) is 29.8 Å². The second kappa shape index (κ2) is 10.4. The number of carbonyl (C=O) groups excluding carboxylic acids is 2. The van der Waals surface area contributed by atoms with Crippen LogP contribution < -0.4 is 17.0 Å². The summed E-state index contributed by atoms with van der Waals surface area (Å²) in [6.45, 7) is 4.33. The van der Waals surface area contributed by atoms with Gasteiger partial charge in [0, 0.05) is 33.3 Å². The first-order valence-corrected chi connectivity index (χ1v) is 10.5. The number of nitrogens with zero attached hydrogens (tertiary/aromatic N) is 3. The number of H-pyrrole nitrogens is 1. The number of nitrogens with two attached hydrogens (primary N) is 1. The van der Waals surface area contributed by atoms with Gasteiger partial charge in [-0.05, 0) is 12.5 Å². The zero-order valence-electron chi connectivity index (χ0n) is 18.4. The molecule has 32 heavy (non-hydrogen) atoms. The topological polar surface area (TPSA) is 131 Å². The Kier molecular flexibility index (Phi) is 7.60. The molecule has 0 atom stereocenters. The van der Waals surface area contributed by atoms with Crippen molar-refractivity contribution in [3.05, 3.63) is 61.8 Å². The summed E-state index contributed by atoms with van der Waals surface area (Å²) in [5.41, 5.74) is 6.39. The van der Waals surface area contributed by atoms with E-state index in [1.165, 1.54) is 7.11 Å². The number of anilines is 1. The van der Waals surface area contributed by atoms with Crippen molar-refractivity contribution in [3.8, 4) is 0 Å². The number of ether oxygens (including phenoxy) is 1. The van der Waals surface area contributed by atoms with Gasteiger partial charge < -0.3 is 15.4 Å². The number of benzene rings is 1. The van der Waals surface area contributed by atoms with Crippen molar-refractivity contribution in [1.29, 1.82) is 0 Å². The average molecular weight is 444 g/mol. The van der Waals surface area contributed by atoms with Gasteiger partial charge in [0.25, 0.3) is 5.56 Å². The summed E-state index contributed by atoms with van der Waals surface area (Å²) in [5, 5.41) is 0. The molecule has 0 aliphatic carbocycles. The van der Waals surface area contributed by atoms with E-state index in [0.717, 1.165) is 15.7 Å². The molecule has 0 radical (unpaired) electrons. The molecule has 0 saturated carbocycles. The Labute approximate surface area is 185 Å². The summed E-state index contributed by atoms with van der Waals surface area (Å²) in [6.07, 6.45) is 0.341. The molecule has 172 valence electrons. The van der Waals surface area contributed by atoms with Crippen LogP contribution in [-0.4, -0.2) is 77.5 Å². The minimum absolute atomic E-state index is 0.0181. The lowest BCUT2D eigenvalue weighted by Crippen LogP contribution is -2.50. The lowest BCUT2D eigenvalue weighted by molar-refractivity contribution is -0.132. The van der Waals surface area contributed by atoms with E-state index in [0.29, 0.717) is 32.6 Å². The van der Waals surface area contributed by atoms with Crippen LogP contribution in [0.5, 0.6) is 0 Å². The number of amides is 1. The molecule has 0 unspecified atom stereocenters. The van der Waals surface area contributed by atoms with Crippen molar-refractivity contribution in [3.63, 3.8) is 0 Å². The van der Waals surface area contributed by atoms with Crippen LogP contribution in [0, 0.1) is 6.92 Å². The zero-order valence-corrected chi connectivity index (χ0v) is 18.4. The van der Waals surface area contributed by atoms with E-state index in [1.807, 2.05) is 36.1 Å². The molecule has 2 heterocycles.